The van der Waals surface area contributed by atoms with Crippen LogP contribution in [0.1, 0.15) is 5.69 Å². The third kappa shape index (κ3) is 1.07. The monoisotopic (exact) mass is 170 g/mol. The van der Waals surface area contributed by atoms with E-state index in [-0.39, 0.29) is 5.69 Å². The van der Waals surface area contributed by atoms with Crippen LogP contribution in [0.25, 0.3) is 10.9 Å². The molecule has 1 aromatic heterocycles. The molecule has 0 aliphatic heterocycles. The summed E-state index contributed by atoms with van der Waals surface area (Å²) >= 11 is 0. The maximum atomic E-state index is 8.65. The zero-order valence-electron chi connectivity index (χ0n) is 6.73. The number of aromatic nitrogens is 2. The van der Waals surface area contributed by atoms with Crippen molar-refractivity contribution in [1.29, 1.82) is 5.26 Å². The zero-order valence-corrected chi connectivity index (χ0v) is 6.73. The molecule has 62 valence electrons. The van der Waals surface area contributed by atoms with Crippen LogP contribution in [0.5, 0.6) is 0 Å². The van der Waals surface area contributed by atoms with Crippen molar-refractivity contribution in [3.8, 4) is 6.07 Å². The molecule has 1 heterocycles. The largest absolute Gasteiger partial charge is 0.396 e. The Morgan fingerprint density at radius 1 is 1.23 bits per heavy atom. The summed E-state index contributed by atoms with van der Waals surface area (Å²) in [6.45, 7) is 0. The average molecular weight is 170 g/mol. The summed E-state index contributed by atoms with van der Waals surface area (Å²) in [6.07, 6.45) is 0. The highest BCUT2D eigenvalue weighted by molar-refractivity contribution is 5.91. The van der Waals surface area contributed by atoms with E-state index < -0.39 is 0 Å². The number of anilines is 1. The molecule has 0 spiro atoms. The number of nitrogens with zero attached hydrogens (tertiary/aromatic N) is 3. The lowest BCUT2D eigenvalue weighted by Gasteiger charge is -1.99. The van der Waals surface area contributed by atoms with Gasteiger partial charge in [-0.25, -0.2) is 0 Å². The molecule has 2 N–H and O–H groups in total. The van der Waals surface area contributed by atoms with Crippen LogP contribution in [-0.4, -0.2) is 10.2 Å². The predicted octanol–water partition coefficient (Wildman–Crippen LogP) is 1.08. The number of rotatable bonds is 0. The second-order valence-corrected chi connectivity index (χ2v) is 2.59. The minimum atomic E-state index is 0.179. The maximum Gasteiger partial charge on any atom is 0.186 e. The normalized spacial score (nSPS) is 9.77. The second kappa shape index (κ2) is 2.72. The van der Waals surface area contributed by atoms with E-state index in [1.54, 1.807) is 6.07 Å². The van der Waals surface area contributed by atoms with Crippen LogP contribution in [-0.2, 0) is 0 Å². The van der Waals surface area contributed by atoms with E-state index in [4.69, 9.17) is 11.0 Å². The lowest BCUT2D eigenvalue weighted by atomic mass is 10.2. The van der Waals surface area contributed by atoms with Gasteiger partial charge in [0.25, 0.3) is 0 Å². The van der Waals surface area contributed by atoms with Crippen LogP contribution in [0.2, 0.25) is 0 Å². The van der Waals surface area contributed by atoms with E-state index in [1.807, 2.05) is 24.3 Å². The van der Waals surface area contributed by atoms with Gasteiger partial charge in [-0.3, -0.25) is 0 Å². The molecule has 1 aromatic carbocycles. The van der Waals surface area contributed by atoms with Crippen molar-refractivity contribution in [3.63, 3.8) is 0 Å². The Balaban J connectivity index is 2.89. The molecule has 4 heteroatoms. The molecule has 0 unspecified atom stereocenters. The van der Waals surface area contributed by atoms with E-state index in [2.05, 4.69) is 10.2 Å². The molecule has 0 aliphatic carbocycles. The molecule has 4 nitrogen and oxygen atoms in total. The molecule has 2 aromatic rings. The Morgan fingerprint density at radius 2 is 2.00 bits per heavy atom. The van der Waals surface area contributed by atoms with Gasteiger partial charge < -0.3 is 5.73 Å². The minimum Gasteiger partial charge on any atom is -0.396 e. The number of hydrogen-bond acceptors (Lipinski definition) is 4. The predicted molar refractivity (Wildman–Crippen MR) is 48.7 cm³/mol. The van der Waals surface area contributed by atoms with Crippen LogP contribution in [0.3, 0.4) is 0 Å². The Bertz CT molecular complexity index is 498. The fraction of sp³-hybridized carbons (Fsp3) is 0. The summed E-state index contributed by atoms with van der Waals surface area (Å²) in [5.41, 5.74) is 6.99. The van der Waals surface area contributed by atoms with Crippen molar-refractivity contribution >= 4 is 16.6 Å². The maximum absolute atomic E-state index is 8.65. The molecular formula is C9H6N4. The Hall–Kier alpha value is -2.15. The highest BCUT2D eigenvalue weighted by Gasteiger charge is 2.04. The smallest absolute Gasteiger partial charge is 0.186 e. The lowest BCUT2D eigenvalue weighted by molar-refractivity contribution is 1.05. The van der Waals surface area contributed by atoms with E-state index in [9.17, 15) is 0 Å². The van der Waals surface area contributed by atoms with Crippen LogP contribution >= 0.6 is 0 Å². The van der Waals surface area contributed by atoms with E-state index >= 15 is 0 Å². The van der Waals surface area contributed by atoms with Crippen molar-refractivity contribution in [3.05, 3.63) is 30.0 Å². The second-order valence-electron chi connectivity index (χ2n) is 2.59. The molecule has 0 saturated heterocycles. The molecule has 0 amide bonds. The molecular weight excluding hydrogens is 164 g/mol. The first-order valence-corrected chi connectivity index (χ1v) is 3.74. The van der Waals surface area contributed by atoms with Crippen LogP contribution in [0.4, 0.5) is 5.69 Å². The van der Waals surface area contributed by atoms with Crippen LogP contribution < -0.4 is 5.73 Å². The highest BCUT2D eigenvalue weighted by atomic mass is 15.1. The Labute approximate surface area is 74.6 Å². The van der Waals surface area contributed by atoms with Crippen molar-refractivity contribution in [2.75, 3.05) is 5.73 Å². The Morgan fingerprint density at radius 3 is 2.77 bits per heavy atom. The zero-order chi connectivity index (χ0) is 9.26. The lowest BCUT2D eigenvalue weighted by Crippen LogP contribution is -1.97. The van der Waals surface area contributed by atoms with Gasteiger partial charge in [0, 0.05) is 5.39 Å². The standard InChI is InChI=1S/C9H6N4/c10-5-8-9(11)6-3-1-2-4-7(6)12-13-8/h1-4H,(H2,11,12). The fourth-order valence-corrected chi connectivity index (χ4v) is 1.16. The first-order valence-electron chi connectivity index (χ1n) is 3.74. The number of hydrogen-bond donors (Lipinski definition) is 1. The molecule has 0 fully saturated rings. The average Bonchev–Trinajstić information content (AvgIpc) is 2.19. The number of nitrogens with two attached hydrogens (primary N) is 1. The summed E-state index contributed by atoms with van der Waals surface area (Å²) in [5.74, 6) is 0. The fourth-order valence-electron chi connectivity index (χ4n) is 1.16. The van der Waals surface area contributed by atoms with Gasteiger partial charge in [0.1, 0.15) is 6.07 Å². The van der Waals surface area contributed by atoms with Gasteiger partial charge in [-0.05, 0) is 6.07 Å². The Kier molecular flexibility index (Phi) is 1.57. The van der Waals surface area contributed by atoms with Gasteiger partial charge >= 0.3 is 0 Å². The summed E-state index contributed by atoms with van der Waals surface area (Å²) < 4.78 is 0. The van der Waals surface area contributed by atoms with Gasteiger partial charge in [-0.2, -0.15) is 5.26 Å². The SMILES string of the molecule is N#Cc1nnc2ccccc2c1N. The molecule has 2 rings (SSSR count). The third-order valence-electron chi connectivity index (χ3n) is 1.81. The van der Waals surface area contributed by atoms with E-state index in [0.717, 1.165) is 5.39 Å². The van der Waals surface area contributed by atoms with Crippen LogP contribution in [0.15, 0.2) is 24.3 Å². The summed E-state index contributed by atoms with van der Waals surface area (Å²) in [5, 5.41) is 17.0. The summed E-state index contributed by atoms with van der Waals surface area (Å²) in [6, 6.07) is 9.21. The number of nitrogen functional groups attached to an aromatic ring is 1. The number of fused-ring (bicyclic) bond motifs is 1. The molecule has 0 saturated carbocycles. The van der Waals surface area contributed by atoms with E-state index in [0.29, 0.717) is 11.2 Å². The van der Waals surface area contributed by atoms with Gasteiger partial charge in [0.2, 0.25) is 0 Å². The van der Waals surface area contributed by atoms with Gasteiger partial charge in [-0.15, -0.1) is 10.2 Å². The van der Waals surface area contributed by atoms with Gasteiger partial charge in [-0.1, -0.05) is 18.2 Å². The van der Waals surface area contributed by atoms with Crippen molar-refractivity contribution in [2.24, 2.45) is 0 Å². The number of benzene rings is 1. The van der Waals surface area contributed by atoms with Gasteiger partial charge in [0.05, 0.1) is 11.2 Å². The quantitative estimate of drug-likeness (QED) is 0.641. The molecule has 0 radical (unpaired) electrons. The summed E-state index contributed by atoms with van der Waals surface area (Å²) in [4.78, 5) is 0. The first kappa shape index (κ1) is 7.50. The molecule has 0 aliphatic rings. The molecule has 0 atom stereocenters. The van der Waals surface area contributed by atoms with Crippen molar-refractivity contribution in [1.82, 2.24) is 10.2 Å². The van der Waals surface area contributed by atoms with Crippen LogP contribution in [0, 0.1) is 11.3 Å². The number of nitriles is 1. The van der Waals surface area contributed by atoms with Crippen molar-refractivity contribution in [2.45, 2.75) is 0 Å². The van der Waals surface area contributed by atoms with Crippen molar-refractivity contribution < 1.29 is 0 Å². The van der Waals surface area contributed by atoms with E-state index in [1.165, 1.54) is 0 Å². The molecule has 0 bridgehead atoms. The molecule has 13 heavy (non-hydrogen) atoms. The highest BCUT2D eigenvalue weighted by Crippen LogP contribution is 2.19. The first-order chi connectivity index (χ1) is 6.33. The van der Waals surface area contributed by atoms with Gasteiger partial charge in [0.15, 0.2) is 5.69 Å². The third-order valence-corrected chi connectivity index (χ3v) is 1.81. The minimum absolute atomic E-state index is 0.179. The topological polar surface area (TPSA) is 75.6 Å². The summed E-state index contributed by atoms with van der Waals surface area (Å²) in [7, 11) is 0.